The topological polar surface area (TPSA) is 56.2 Å². The number of rotatable bonds is 3. The SMILES string of the molecule is COc1cnn(C)c1C(=O)C1CCNC1C. The number of ketones is 1. The number of nitrogens with one attached hydrogen (secondary N) is 1. The van der Waals surface area contributed by atoms with Crippen LogP contribution in [0, 0.1) is 5.92 Å². The van der Waals surface area contributed by atoms with Crippen molar-refractivity contribution in [2.24, 2.45) is 13.0 Å². The molecule has 88 valence electrons. The first-order chi connectivity index (χ1) is 7.65. The summed E-state index contributed by atoms with van der Waals surface area (Å²) in [7, 11) is 3.33. The first kappa shape index (κ1) is 11.1. The van der Waals surface area contributed by atoms with Gasteiger partial charge in [-0.1, -0.05) is 0 Å². The molecule has 0 saturated carbocycles. The molecule has 0 spiro atoms. The molecule has 2 heterocycles. The summed E-state index contributed by atoms with van der Waals surface area (Å²) >= 11 is 0. The molecule has 0 radical (unpaired) electrons. The highest BCUT2D eigenvalue weighted by Crippen LogP contribution is 2.25. The van der Waals surface area contributed by atoms with E-state index in [2.05, 4.69) is 10.4 Å². The van der Waals surface area contributed by atoms with E-state index in [4.69, 9.17) is 4.74 Å². The molecule has 0 amide bonds. The molecule has 1 N–H and O–H groups in total. The van der Waals surface area contributed by atoms with Crippen molar-refractivity contribution in [1.82, 2.24) is 15.1 Å². The Balaban J connectivity index is 2.29. The van der Waals surface area contributed by atoms with Crippen molar-refractivity contribution in [2.75, 3.05) is 13.7 Å². The van der Waals surface area contributed by atoms with E-state index in [0.717, 1.165) is 13.0 Å². The number of Topliss-reactive ketones (excluding diaryl/α,β-unsaturated/α-hetero) is 1. The van der Waals surface area contributed by atoms with Gasteiger partial charge in [-0.3, -0.25) is 9.48 Å². The zero-order valence-electron chi connectivity index (χ0n) is 9.86. The molecule has 2 unspecified atom stereocenters. The van der Waals surface area contributed by atoms with Crippen molar-refractivity contribution in [3.8, 4) is 5.75 Å². The molecule has 2 rings (SSSR count). The first-order valence-corrected chi connectivity index (χ1v) is 5.48. The normalized spacial score (nSPS) is 24.7. The average molecular weight is 223 g/mol. The first-order valence-electron chi connectivity index (χ1n) is 5.48. The highest BCUT2D eigenvalue weighted by molar-refractivity contribution is 5.99. The molecule has 0 bridgehead atoms. The Labute approximate surface area is 94.8 Å². The zero-order chi connectivity index (χ0) is 11.7. The molecule has 1 aromatic heterocycles. The van der Waals surface area contributed by atoms with E-state index in [1.165, 1.54) is 0 Å². The second kappa shape index (κ2) is 4.25. The van der Waals surface area contributed by atoms with E-state index in [-0.39, 0.29) is 17.7 Å². The quantitative estimate of drug-likeness (QED) is 0.763. The summed E-state index contributed by atoms with van der Waals surface area (Å²) in [4.78, 5) is 12.3. The van der Waals surface area contributed by atoms with Crippen molar-refractivity contribution >= 4 is 5.78 Å². The molecule has 0 aromatic carbocycles. The molecule has 16 heavy (non-hydrogen) atoms. The summed E-state index contributed by atoms with van der Waals surface area (Å²) < 4.78 is 6.75. The van der Waals surface area contributed by atoms with Gasteiger partial charge in [0.1, 0.15) is 5.69 Å². The number of hydrogen-bond donors (Lipinski definition) is 1. The lowest BCUT2D eigenvalue weighted by Gasteiger charge is -2.14. The van der Waals surface area contributed by atoms with Gasteiger partial charge in [0.2, 0.25) is 0 Å². The van der Waals surface area contributed by atoms with Crippen molar-refractivity contribution in [2.45, 2.75) is 19.4 Å². The number of carbonyl (C=O) groups is 1. The van der Waals surface area contributed by atoms with Crippen molar-refractivity contribution in [1.29, 1.82) is 0 Å². The van der Waals surface area contributed by atoms with Crippen LogP contribution < -0.4 is 10.1 Å². The Kier molecular flexibility index (Phi) is 2.96. The van der Waals surface area contributed by atoms with Crippen LogP contribution in [0.5, 0.6) is 5.75 Å². The van der Waals surface area contributed by atoms with E-state index >= 15 is 0 Å². The summed E-state index contributed by atoms with van der Waals surface area (Å²) in [5, 5.41) is 7.33. The lowest BCUT2D eigenvalue weighted by Crippen LogP contribution is -2.29. The summed E-state index contributed by atoms with van der Waals surface area (Å²) in [5.74, 6) is 0.713. The van der Waals surface area contributed by atoms with Gasteiger partial charge < -0.3 is 10.1 Å². The number of nitrogens with zero attached hydrogens (tertiary/aromatic N) is 2. The Hall–Kier alpha value is -1.36. The largest absolute Gasteiger partial charge is 0.493 e. The summed E-state index contributed by atoms with van der Waals surface area (Å²) in [6.45, 7) is 2.94. The smallest absolute Gasteiger partial charge is 0.189 e. The summed E-state index contributed by atoms with van der Waals surface area (Å²) in [5.41, 5.74) is 0.572. The van der Waals surface area contributed by atoms with Crippen LogP contribution in [0.4, 0.5) is 0 Å². The maximum atomic E-state index is 12.3. The Morgan fingerprint density at radius 1 is 1.69 bits per heavy atom. The average Bonchev–Trinajstić information content (AvgIpc) is 2.83. The zero-order valence-corrected chi connectivity index (χ0v) is 9.86. The van der Waals surface area contributed by atoms with Crippen LogP contribution in [-0.4, -0.2) is 35.3 Å². The van der Waals surface area contributed by atoms with Gasteiger partial charge in [0.25, 0.3) is 0 Å². The van der Waals surface area contributed by atoms with Crippen LogP contribution in [0.3, 0.4) is 0 Å². The van der Waals surface area contributed by atoms with E-state index in [0.29, 0.717) is 11.4 Å². The second-order valence-corrected chi connectivity index (χ2v) is 4.19. The monoisotopic (exact) mass is 223 g/mol. The summed E-state index contributed by atoms with van der Waals surface area (Å²) in [6.07, 6.45) is 2.47. The van der Waals surface area contributed by atoms with Crippen LogP contribution in [0.1, 0.15) is 23.8 Å². The predicted octanol–water partition coefficient (Wildman–Crippen LogP) is 0.609. The van der Waals surface area contributed by atoms with Crippen molar-refractivity contribution in [3.63, 3.8) is 0 Å². The molecular formula is C11H17N3O2. The Morgan fingerprint density at radius 2 is 2.44 bits per heavy atom. The van der Waals surface area contributed by atoms with E-state index < -0.39 is 0 Å². The van der Waals surface area contributed by atoms with Crippen LogP contribution >= 0.6 is 0 Å². The number of methoxy groups -OCH3 is 1. The maximum absolute atomic E-state index is 12.3. The third-order valence-electron chi connectivity index (χ3n) is 3.22. The van der Waals surface area contributed by atoms with E-state index in [9.17, 15) is 4.79 Å². The highest BCUT2D eigenvalue weighted by Gasteiger charge is 2.33. The van der Waals surface area contributed by atoms with Gasteiger partial charge in [0, 0.05) is 19.0 Å². The Morgan fingerprint density at radius 3 is 3.00 bits per heavy atom. The molecule has 0 aliphatic carbocycles. The molecular weight excluding hydrogens is 206 g/mol. The molecule has 5 nitrogen and oxygen atoms in total. The molecule has 1 fully saturated rings. The number of hydrogen-bond acceptors (Lipinski definition) is 4. The molecule has 2 atom stereocenters. The molecule has 1 aliphatic rings. The standard InChI is InChI=1S/C11H17N3O2/c1-7-8(4-5-12-7)11(15)10-9(16-3)6-13-14(10)2/h6-8,12H,4-5H2,1-3H3. The minimum atomic E-state index is 0.0318. The van der Waals surface area contributed by atoms with E-state index in [1.54, 1.807) is 25.0 Å². The number of aryl methyl sites for hydroxylation is 1. The summed E-state index contributed by atoms with van der Waals surface area (Å²) in [6, 6.07) is 0.229. The minimum Gasteiger partial charge on any atom is -0.493 e. The van der Waals surface area contributed by atoms with Crippen molar-refractivity contribution in [3.05, 3.63) is 11.9 Å². The Bertz CT molecular complexity index is 400. The van der Waals surface area contributed by atoms with E-state index in [1.807, 2.05) is 6.92 Å². The lowest BCUT2D eigenvalue weighted by atomic mass is 9.94. The van der Waals surface area contributed by atoms with Gasteiger partial charge in [0.05, 0.1) is 13.3 Å². The van der Waals surface area contributed by atoms with Gasteiger partial charge in [-0.15, -0.1) is 0 Å². The van der Waals surface area contributed by atoms with Crippen LogP contribution in [0.15, 0.2) is 6.20 Å². The third-order valence-corrected chi connectivity index (χ3v) is 3.22. The van der Waals surface area contributed by atoms with Gasteiger partial charge in [-0.05, 0) is 19.9 Å². The van der Waals surface area contributed by atoms with Crippen LogP contribution in [0.25, 0.3) is 0 Å². The molecule has 1 aromatic rings. The minimum absolute atomic E-state index is 0.0318. The van der Waals surface area contributed by atoms with Gasteiger partial charge in [-0.2, -0.15) is 5.10 Å². The fraction of sp³-hybridized carbons (Fsp3) is 0.636. The third kappa shape index (κ3) is 1.71. The van der Waals surface area contributed by atoms with Gasteiger partial charge in [0.15, 0.2) is 11.5 Å². The lowest BCUT2D eigenvalue weighted by molar-refractivity contribution is 0.0901. The molecule has 5 heteroatoms. The van der Waals surface area contributed by atoms with Crippen molar-refractivity contribution < 1.29 is 9.53 Å². The number of aromatic nitrogens is 2. The fourth-order valence-corrected chi connectivity index (χ4v) is 2.24. The maximum Gasteiger partial charge on any atom is 0.189 e. The predicted molar refractivity (Wildman–Crippen MR) is 59.7 cm³/mol. The van der Waals surface area contributed by atoms with Gasteiger partial charge in [-0.25, -0.2) is 0 Å². The molecule has 1 aliphatic heterocycles. The van der Waals surface area contributed by atoms with Crippen LogP contribution in [-0.2, 0) is 7.05 Å². The molecule has 1 saturated heterocycles. The van der Waals surface area contributed by atoms with Gasteiger partial charge >= 0.3 is 0 Å². The highest BCUT2D eigenvalue weighted by atomic mass is 16.5. The second-order valence-electron chi connectivity index (χ2n) is 4.19. The number of carbonyl (C=O) groups excluding carboxylic acids is 1. The number of ether oxygens (including phenoxy) is 1. The fourth-order valence-electron chi connectivity index (χ4n) is 2.24. The van der Waals surface area contributed by atoms with Crippen LogP contribution in [0.2, 0.25) is 0 Å².